The number of alkyl halides is 2. The van der Waals surface area contributed by atoms with Crippen LogP contribution in [0, 0.1) is 5.92 Å². The van der Waals surface area contributed by atoms with Gasteiger partial charge in [-0.25, -0.2) is 21.9 Å². The Morgan fingerprint density at radius 3 is 2.83 bits per heavy atom. The average Bonchev–Trinajstić information content (AvgIpc) is 3.00. The van der Waals surface area contributed by atoms with Gasteiger partial charge >= 0.3 is 0 Å². The molecule has 10 heteroatoms. The van der Waals surface area contributed by atoms with Crippen LogP contribution in [-0.4, -0.2) is 48.6 Å². The molecule has 2 bridgehead atoms. The number of amides is 1. The molecule has 29 heavy (non-hydrogen) atoms. The van der Waals surface area contributed by atoms with Crippen molar-refractivity contribution >= 4 is 46.0 Å². The highest BCUT2D eigenvalue weighted by molar-refractivity contribution is 14.1. The number of carbonyl (C=O) groups is 1. The van der Waals surface area contributed by atoms with E-state index in [-0.39, 0.29) is 18.5 Å². The van der Waals surface area contributed by atoms with E-state index in [2.05, 4.69) is 32.9 Å². The smallest absolute Gasteiger partial charge is 0.260 e. The van der Waals surface area contributed by atoms with Crippen molar-refractivity contribution < 1.29 is 13.6 Å². The molecule has 3 atom stereocenters. The molecular formula is C19H19F2IN6O. The highest BCUT2D eigenvalue weighted by atomic mass is 127. The molecule has 1 saturated carbocycles. The monoisotopic (exact) mass is 512 g/mol. The fraction of sp³-hybridized carbons (Fsp3) is 0.474. The summed E-state index contributed by atoms with van der Waals surface area (Å²) < 4.78 is 30.3. The number of halogens is 3. The van der Waals surface area contributed by atoms with Gasteiger partial charge in [-0.2, -0.15) is 5.10 Å². The molecule has 2 aliphatic heterocycles. The molecule has 2 fully saturated rings. The molecule has 0 aromatic carbocycles. The molecule has 1 amide bonds. The summed E-state index contributed by atoms with van der Waals surface area (Å²) in [5, 5.41) is 4.17. The molecule has 0 spiro atoms. The fourth-order valence-corrected chi connectivity index (χ4v) is 4.75. The first-order valence-electron chi connectivity index (χ1n) is 9.52. The van der Waals surface area contributed by atoms with Gasteiger partial charge in [0.05, 0.1) is 46.5 Å². The lowest BCUT2D eigenvalue weighted by molar-refractivity contribution is -0.137. The number of rotatable bonds is 4. The molecule has 0 radical (unpaired) electrons. The third kappa shape index (κ3) is 3.30. The molecule has 1 saturated heterocycles. The zero-order valence-electron chi connectivity index (χ0n) is 15.7. The highest BCUT2D eigenvalue weighted by Crippen LogP contribution is 2.51. The Bertz CT molecular complexity index is 1010. The van der Waals surface area contributed by atoms with Crippen LogP contribution in [0.1, 0.15) is 31.4 Å². The average molecular weight is 512 g/mol. The fourth-order valence-electron chi connectivity index (χ4n) is 4.27. The molecule has 2 aromatic heterocycles. The van der Waals surface area contributed by atoms with Crippen molar-refractivity contribution in [2.75, 3.05) is 3.11 Å². The first kappa shape index (κ1) is 18.9. The number of carbonyl (C=O) groups excluding carboxylic acids is 1. The SMILES string of the molecule is Cn1cc(N(I)c2nccc(C3=CC4CCC(C3)N4C(=O)[C@@H]3CC3(F)F)n2)cn1. The van der Waals surface area contributed by atoms with Crippen molar-refractivity contribution in [2.45, 2.75) is 43.7 Å². The summed E-state index contributed by atoms with van der Waals surface area (Å²) in [6.45, 7) is 0. The molecule has 2 unspecified atom stereocenters. The second-order valence-electron chi connectivity index (χ2n) is 7.85. The minimum Gasteiger partial charge on any atom is -0.332 e. The third-order valence-electron chi connectivity index (χ3n) is 5.84. The number of hydrogen-bond acceptors (Lipinski definition) is 5. The summed E-state index contributed by atoms with van der Waals surface area (Å²) in [4.78, 5) is 23.3. The predicted octanol–water partition coefficient (Wildman–Crippen LogP) is 3.50. The van der Waals surface area contributed by atoms with Crippen LogP contribution in [0.3, 0.4) is 0 Å². The van der Waals surface area contributed by atoms with Crippen LogP contribution in [-0.2, 0) is 11.8 Å². The molecule has 2 aromatic rings. The second-order valence-corrected chi connectivity index (χ2v) is 8.82. The maximum atomic E-state index is 13.4. The largest absolute Gasteiger partial charge is 0.332 e. The van der Waals surface area contributed by atoms with Crippen molar-refractivity contribution in [2.24, 2.45) is 13.0 Å². The molecular weight excluding hydrogens is 493 g/mol. The van der Waals surface area contributed by atoms with Crippen molar-refractivity contribution in [1.29, 1.82) is 0 Å². The summed E-state index contributed by atoms with van der Waals surface area (Å²) in [7, 11) is 1.85. The van der Waals surface area contributed by atoms with Crippen LogP contribution in [0.2, 0.25) is 0 Å². The molecule has 0 N–H and O–H groups in total. The summed E-state index contributed by atoms with van der Waals surface area (Å²) in [6.07, 6.45) is 9.31. The van der Waals surface area contributed by atoms with Gasteiger partial charge in [0, 0.05) is 31.9 Å². The maximum Gasteiger partial charge on any atom is 0.260 e. The van der Waals surface area contributed by atoms with E-state index in [1.165, 1.54) is 0 Å². The molecule has 152 valence electrons. The topological polar surface area (TPSA) is 67.2 Å². The standard InChI is InChI=1S/C19H19F2IN6O/c1-26-10-14(9-24-26)28(22)18-23-5-4-16(25-18)11-6-12-2-3-13(7-11)27(12)17(29)15-8-19(15,20)21/h4-6,9-10,12-13,15H,2-3,7-8H2,1H3/t12?,13?,15-/m0/s1. The van der Waals surface area contributed by atoms with Crippen LogP contribution in [0.25, 0.3) is 5.57 Å². The van der Waals surface area contributed by atoms with Crippen molar-refractivity contribution in [3.8, 4) is 0 Å². The number of aryl methyl sites for hydroxylation is 1. The van der Waals surface area contributed by atoms with Gasteiger partial charge in [-0.15, -0.1) is 0 Å². The minimum atomic E-state index is -2.82. The number of fused-ring (bicyclic) bond motifs is 2. The van der Waals surface area contributed by atoms with E-state index in [1.54, 1.807) is 22.0 Å². The Kier molecular flexibility index (Phi) is 4.37. The van der Waals surface area contributed by atoms with Gasteiger partial charge in [-0.3, -0.25) is 9.48 Å². The van der Waals surface area contributed by atoms with Crippen LogP contribution in [0.5, 0.6) is 0 Å². The number of anilines is 2. The first-order chi connectivity index (χ1) is 13.8. The third-order valence-corrected chi connectivity index (χ3v) is 6.83. The van der Waals surface area contributed by atoms with E-state index in [1.807, 2.05) is 28.5 Å². The van der Waals surface area contributed by atoms with E-state index in [0.29, 0.717) is 12.4 Å². The van der Waals surface area contributed by atoms with E-state index >= 15 is 0 Å². The lowest BCUT2D eigenvalue weighted by Gasteiger charge is -2.34. The zero-order valence-corrected chi connectivity index (χ0v) is 17.8. The summed E-state index contributed by atoms with van der Waals surface area (Å²) >= 11 is 2.14. The second kappa shape index (κ2) is 6.71. The molecule has 1 aliphatic carbocycles. The number of hydrogen-bond donors (Lipinski definition) is 0. The van der Waals surface area contributed by atoms with Gasteiger partial charge in [-0.05, 0) is 30.9 Å². The summed E-state index contributed by atoms with van der Waals surface area (Å²) in [5.74, 6) is -3.80. The molecule has 4 heterocycles. The van der Waals surface area contributed by atoms with Gasteiger partial charge < -0.3 is 4.90 Å². The Balaban J connectivity index is 1.38. The normalized spacial score (nSPS) is 27.0. The Hall–Kier alpha value is -2.11. The molecule has 5 rings (SSSR count). The quantitative estimate of drug-likeness (QED) is 0.464. The lowest BCUT2D eigenvalue weighted by atomic mass is 9.98. The number of nitrogens with zero attached hydrogens (tertiary/aromatic N) is 6. The lowest BCUT2D eigenvalue weighted by Crippen LogP contribution is -2.44. The van der Waals surface area contributed by atoms with Crippen molar-refractivity contribution in [3.05, 3.63) is 36.4 Å². The summed E-state index contributed by atoms with van der Waals surface area (Å²) in [6, 6.07) is 1.70. The van der Waals surface area contributed by atoms with Gasteiger partial charge in [0.2, 0.25) is 11.9 Å². The molecule has 7 nitrogen and oxygen atoms in total. The van der Waals surface area contributed by atoms with Gasteiger partial charge in [0.1, 0.15) is 5.92 Å². The Morgan fingerprint density at radius 2 is 2.17 bits per heavy atom. The minimum absolute atomic E-state index is 0.0312. The van der Waals surface area contributed by atoms with Crippen molar-refractivity contribution in [3.63, 3.8) is 0 Å². The van der Waals surface area contributed by atoms with E-state index < -0.39 is 17.7 Å². The number of aromatic nitrogens is 4. The van der Waals surface area contributed by atoms with E-state index in [0.717, 1.165) is 29.8 Å². The van der Waals surface area contributed by atoms with Crippen LogP contribution < -0.4 is 3.11 Å². The highest BCUT2D eigenvalue weighted by Gasteiger charge is 2.63. The van der Waals surface area contributed by atoms with E-state index in [4.69, 9.17) is 4.98 Å². The van der Waals surface area contributed by atoms with Crippen LogP contribution >= 0.6 is 22.9 Å². The van der Waals surface area contributed by atoms with Gasteiger partial charge in [0.25, 0.3) is 5.92 Å². The Morgan fingerprint density at radius 1 is 1.38 bits per heavy atom. The first-order valence-corrected chi connectivity index (χ1v) is 10.5. The van der Waals surface area contributed by atoms with Gasteiger partial charge in [0.15, 0.2) is 0 Å². The van der Waals surface area contributed by atoms with Crippen LogP contribution in [0.4, 0.5) is 20.4 Å². The maximum absolute atomic E-state index is 13.4. The van der Waals surface area contributed by atoms with Crippen molar-refractivity contribution in [1.82, 2.24) is 24.6 Å². The zero-order chi connectivity index (χ0) is 20.3. The Labute approximate surface area is 180 Å². The van der Waals surface area contributed by atoms with E-state index in [9.17, 15) is 13.6 Å². The predicted molar refractivity (Wildman–Crippen MR) is 111 cm³/mol. The van der Waals surface area contributed by atoms with Crippen LogP contribution in [0.15, 0.2) is 30.7 Å². The van der Waals surface area contributed by atoms with Gasteiger partial charge in [-0.1, -0.05) is 6.08 Å². The summed E-state index contributed by atoms with van der Waals surface area (Å²) in [5.41, 5.74) is 2.72. The molecule has 3 aliphatic rings.